The van der Waals surface area contributed by atoms with Crippen LogP contribution in [-0.2, 0) is 0 Å². The first-order chi connectivity index (χ1) is 9.70. The molecule has 2 nitrogen and oxygen atoms in total. The molecule has 0 aromatic heterocycles. The Kier molecular flexibility index (Phi) is 4.99. The van der Waals surface area contributed by atoms with E-state index in [2.05, 4.69) is 36.5 Å². The summed E-state index contributed by atoms with van der Waals surface area (Å²) in [4.78, 5) is 0. The zero-order valence-corrected chi connectivity index (χ0v) is 11.9. The Morgan fingerprint density at radius 2 is 1.90 bits per heavy atom. The van der Waals surface area contributed by atoms with Crippen LogP contribution in [0.5, 0.6) is 5.75 Å². The Balaban J connectivity index is 1.85. The predicted molar refractivity (Wildman–Crippen MR) is 80.9 cm³/mol. The summed E-state index contributed by atoms with van der Waals surface area (Å²) < 4.78 is 18.4. The Morgan fingerprint density at radius 3 is 2.55 bits per heavy atom. The maximum absolute atomic E-state index is 13.5. The third kappa shape index (κ3) is 3.73. The van der Waals surface area contributed by atoms with Crippen LogP contribution in [-0.4, -0.2) is 13.7 Å². The Bertz CT molecular complexity index is 542. The summed E-state index contributed by atoms with van der Waals surface area (Å²) in [5.74, 6) is 0.411. The molecule has 2 rings (SSSR count). The molecule has 2 aromatic rings. The fourth-order valence-electron chi connectivity index (χ4n) is 2.16. The van der Waals surface area contributed by atoms with Gasteiger partial charge >= 0.3 is 0 Å². The average Bonchev–Trinajstić information content (AvgIpc) is 2.48. The molecule has 0 spiro atoms. The van der Waals surface area contributed by atoms with E-state index in [9.17, 15) is 4.39 Å². The van der Waals surface area contributed by atoms with Crippen molar-refractivity contribution in [2.45, 2.75) is 19.3 Å². The van der Waals surface area contributed by atoms with Crippen LogP contribution in [0.3, 0.4) is 0 Å². The van der Waals surface area contributed by atoms with E-state index in [0.29, 0.717) is 5.92 Å². The highest BCUT2D eigenvalue weighted by molar-refractivity contribution is 5.47. The van der Waals surface area contributed by atoms with Crippen molar-refractivity contribution < 1.29 is 9.13 Å². The van der Waals surface area contributed by atoms with Gasteiger partial charge in [0.05, 0.1) is 7.11 Å². The summed E-state index contributed by atoms with van der Waals surface area (Å²) in [6.45, 7) is 3.01. The van der Waals surface area contributed by atoms with Crippen molar-refractivity contribution in [3.63, 3.8) is 0 Å². The Labute approximate surface area is 119 Å². The van der Waals surface area contributed by atoms with Crippen LogP contribution >= 0.6 is 0 Å². The van der Waals surface area contributed by atoms with Gasteiger partial charge in [-0.2, -0.15) is 0 Å². The molecule has 0 saturated carbocycles. The molecular weight excluding hydrogens is 253 g/mol. The molecule has 1 atom stereocenters. The summed E-state index contributed by atoms with van der Waals surface area (Å²) in [5, 5.41) is 3.24. The van der Waals surface area contributed by atoms with Crippen molar-refractivity contribution in [3.8, 4) is 5.75 Å². The monoisotopic (exact) mass is 273 g/mol. The molecule has 0 fully saturated rings. The topological polar surface area (TPSA) is 21.3 Å². The van der Waals surface area contributed by atoms with Gasteiger partial charge in [-0.3, -0.25) is 0 Å². The van der Waals surface area contributed by atoms with Crippen molar-refractivity contribution in [2.75, 3.05) is 19.0 Å². The Morgan fingerprint density at radius 1 is 1.15 bits per heavy atom. The third-order valence-electron chi connectivity index (χ3n) is 3.43. The molecule has 0 heterocycles. The van der Waals surface area contributed by atoms with Crippen LogP contribution in [0.25, 0.3) is 0 Å². The van der Waals surface area contributed by atoms with Gasteiger partial charge in [0.25, 0.3) is 0 Å². The van der Waals surface area contributed by atoms with Crippen LogP contribution in [0.2, 0.25) is 0 Å². The normalized spacial score (nSPS) is 11.9. The molecule has 20 heavy (non-hydrogen) atoms. The summed E-state index contributed by atoms with van der Waals surface area (Å²) in [7, 11) is 1.47. The lowest BCUT2D eigenvalue weighted by Crippen LogP contribution is -2.06. The molecule has 1 N–H and O–H groups in total. The number of methoxy groups -OCH3 is 1. The zero-order valence-electron chi connectivity index (χ0n) is 11.9. The van der Waals surface area contributed by atoms with Crippen LogP contribution in [0.1, 0.15) is 24.8 Å². The molecule has 0 amide bonds. The van der Waals surface area contributed by atoms with Gasteiger partial charge in [-0.25, -0.2) is 4.39 Å². The van der Waals surface area contributed by atoms with Gasteiger partial charge in [0.15, 0.2) is 11.6 Å². The van der Waals surface area contributed by atoms with Gasteiger partial charge < -0.3 is 10.1 Å². The number of anilines is 1. The van der Waals surface area contributed by atoms with Crippen LogP contribution in [0.15, 0.2) is 48.5 Å². The molecule has 1 unspecified atom stereocenters. The average molecular weight is 273 g/mol. The largest absolute Gasteiger partial charge is 0.494 e. The van der Waals surface area contributed by atoms with Crippen molar-refractivity contribution in [3.05, 3.63) is 59.9 Å². The number of hydrogen-bond donors (Lipinski definition) is 1. The molecular formula is C17H20FNO. The van der Waals surface area contributed by atoms with Crippen LogP contribution < -0.4 is 10.1 Å². The molecule has 0 aliphatic carbocycles. The summed E-state index contributed by atoms with van der Waals surface area (Å²) in [5.41, 5.74) is 2.11. The standard InChI is InChI=1S/C17H20FNO/c1-13(14-6-4-3-5-7-14)10-11-19-15-8-9-17(20-2)16(18)12-15/h3-9,12-13,19H,10-11H2,1-2H3. The minimum Gasteiger partial charge on any atom is -0.494 e. The molecule has 0 saturated heterocycles. The number of rotatable bonds is 6. The lowest BCUT2D eigenvalue weighted by atomic mass is 9.98. The summed E-state index contributed by atoms with van der Waals surface area (Å²) >= 11 is 0. The van der Waals surface area contributed by atoms with Crippen molar-refractivity contribution in [1.29, 1.82) is 0 Å². The van der Waals surface area contributed by atoms with E-state index < -0.39 is 0 Å². The van der Waals surface area contributed by atoms with Gasteiger partial charge in [0.2, 0.25) is 0 Å². The van der Waals surface area contributed by atoms with E-state index in [4.69, 9.17) is 4.74 Å². The van der Waals surface area contributed by atoms with Gasteiger partial charge in [-0.05, 0) is 30.0 Å². The maximum Gasteiger partial charge on any atom is 0.167 e. The molecule has 106 valence electrons. The second-order valence-corrected chi connectivity index (χ2v) is 4.88. The molecule has 0 bridgehead atoms. The predicted octanol–water partition coefficient (Wildman–Crippen LogP) is 4.44. The first kappa shape index (κ1) is 14.4. The molecule has 0 aliphatic heterocycles. The minimum atomic E-state index is -0.339. The van der Waals surface area contributed by atoms with E-state index in [1.807, 2.05) is 12.1 Å². The second kappa shape index (κ2) is 6.94. The van der Waals surface area contributed by atoms with Gasteiger partial charge in [0.1, 0.15) is 0 Å². The van der Waals surface area contributed by atoms with Crippen LogP contribution in [0, 0.1) is 5.82 Å². The van der Waals surface area contributed by atoms with Crippen LogP contribution in [0.4, 0.5) is 10.1 Å². The van der Waals surface area contributed by atoms with E-state index in [0.717, 1.165) is 18.7 Å². The van der Waals surface area contributed by atoms with Crippen molar-refractivity contribution in [2.24, 2.45) is 0 Å². The first-order valence-electron chi connectivity index (χ1n) is 6.83. The number of benzene rings is 2. The SMILES string of the molecule is COc1ccc(NCCC(C)c2ccccc2)cc1F. The summed E-state index contributed by atoms with van der Waals surface area (Å²) in [6, 6.07) is 15.3. The Hall–Kier alpha value is -2.03. The number of halogens is 1. The van der Waals surface area contributed by atoms with E-state index >= 15 is 0 Å². The maximum atomic E-state index is 13.5. The van der Waals surface area contributed by atoms with Gasteiger partial charge in [0, 0.05) is 18.3 Å². The fourth-order valence-corrected chi connectivity index (χ4v) is 2.16. The van der Waals surface area contributed by atoms with E-state index in [1.54, 1.807) is 6.07 Å². The van der Waals surface area contributed by atoms with Gasteiger partial charge in [-0.15, -0.1) is 0 Å². The van der Waals surface area contributed by atoms with E-state index in [-0.39, 0.29) is 11.6 Å². The number of nitrogens with one attached hydrogen (secondary N) is 1. The number of ether oxygens (including phenoxy) is 1. The second-order valence-electron chi connectivity index (χ2n) is 4.88. The lowest BCUT2D eigenvalue weighted by molar-refractivity contribution is 0.386. The highest BCUT2D eigenvalue weighted by atomic mass is 19.1. The highest BCUT2D eigenvalue weighted by Gasteiger charge is 2.06. The molecule has 2 aromatic carbocycles. The molecule has 0 aliphatic rings. The smallest absolute Gasteiger partial charge is 0.167 e. The number of hydrogen-bond acceptors (Lipinski definition) is 2. The quantitative estimate of drug-likeness (QED) is 0.840. The zero-order chi connectivity index (χ0) is 14.4. The van der Waals surface area contributed by atoms with Gasteiger partial charge in [-0.1, -0.05) is 37.3 Å². The molecule has 3 heteroatoms. The minimum absolute atomic E-state index is 0.271. The lowest BCUT2D eigenvalue weighted by Gasteiger charge is -2.13. The fraction of sp³-hybridized carbons (Fsp3) is 0.294. The van der Waals surface area contributed by atoms with Crippen molar-refractivity contribution >= 4 is 5.69 Å². The third-order valence-corrected chi connectivity index (χ3v) is 3.43. The van der Waals surface area contributed by atoms with E-state index in [1.165, 1.54) is 18.7 Å². The first-order valence-corrected chi connectivity index (χ1v) is 6.83. The molecule has 0 radical (unpaired) electrons. The summed E-state index contributed by atoms with van der Waals surface area (Å²) in [6.07, 6.45) is 0.998. The highest BCUT2D eigenvalue weighted by Crippen LogP contribution is 2.22. The van der Waals surface area contributed by atoms with Crippen molar-refractivity contribution in [1.82, 2.24) is 0 Å².